The van der Waals surface area contributed by atoms with Crippen LogP contribution >= 0.6 is 23.2 Å². The van der Waals surface area contributed by atoms with E-state index in [4.69, 9.17) is 32.7 Å². The van der Waals surface area contributed by atoms with Crippen molar-refractivity contribution in [1.82, 2.24) is 5.43 Å². The molecule has 5 nitrogen and oxygen atoms in total. The molecule has 144 valence electrons. The van der Waals surface area contributed by atoms with Crippen LogP contribution in [0.3, 0.4) is 0 Å². The van der Waals surface area contributed by atoms with E-state index in [2.05, 4.69) is 10.5 Å². The van der Waals surface area contributed by atoms with Crippen LogP contribution in [0.15, 0.2) is 41.5 Å². The molecule has 1 N–H and O–H groups in total. The molecule has 0 aliphatic rings. The van der Waals surface area contributed by atoms with Crippen molar-refractivity contribution in [2.45, 2.75) is 26.7 Å². The van der Waals surface area contributed by atoms with Crippen LogP contribution in [0.4, 0.5) is 0 Å². The smallest absolute Gasteiger partial charge is 0.244 e. The van der Waals surface area contributed by atoms with Crippen molar-refractivity contribution in [2.24, 2.45) is 5.10 Å². The molecule has 0 aromatic heterocycles. The normalized spacial score (nSPS) is 10.8. The minimum atomic E-state index is -0.229. The van der Waals surface area contributed by atoms with Crippen LogP contribution in [0.2, 0.25) is 10.0 Å². The first-order valence-electron chi connectivity index (χ1n) is 8.69. The van der Waals surface area contributed by atoms with E-state index in [0.717, 1.165) is 12.0 Å². The molecular weight excluding hydrogens is 387 g/mol. The maximum atomic E-state index is 12.0. The Morgan fingerprint density at radius 3 is 2.56 bits per heavy atom. The number of ether oxygens (including phenoxy) is 2. The Balaban J connectivity index is 2.02. The van der Waals surface area contributed by atoms with Crippen LogP contribution in [0.1, 0.15) is 31.4 Å². The van der Waals surface area contributed by atoms with Crippen molar-refractivity contribution in [2.75, 3.05) is 13.2 Å². The van der Waals surface area contributed by atoms with E-state index in [0.29, 0.717) is 40.3 Å². The Kier molecular flexibility index (Phi) is 8.43. The number of hydrazone groups is 1. The van der Waals surface area contributed by atoms with Crippen molar-refractivity contribution in [3.05, 3.63) is 57.6 Å². The minimum Gasteiger partial charge on any atom is -0.490 e. The van der Waals surface area contributed by atoms with Crippen LogP contribution in [0.5, 0.6) is 11.5 Å². The summed E-state index contributed by atoms with van der Waals surface area (Å²) in [6.45, 7) is 4.93. The fourth-order valence-electron chi connectivity index (χ4n) is 2.28. The van der Waals surface area contributed by atoms with Gasteiger partial charge < -0.3 is 9.47 Å². The number of amides is 1. The zero-order valence-corrected chi connectivity index (χ0v) is 16.8. The summed E-state index contributed by atoms with van der Waals surface area (Å²) in [7, 11) is 0. The predicted octanol–water partition coefficient (Wildman–Crippen LogP) is 4.87. The number of carbonyl (C=O) groups excluding carboxylic acids is 1. The molecule has 0 saturated carbocycles. The Morgan fingerprint density at radius 1 is 1.15 bits per heavy atom. The van der Waals surface area contributed by atoms with Gasteiger partial charge in [-0.05, 0) is 48.7 Å². The Morgan fingerprint density at radius 2 is 1.89 bits per heavy atom. The Hall–Kier alpha value is -2.24. The Labute approximate surface area is 169 Å². The quantitative estimate of drug-likeness (QED) is 0.475. The van der Waals surface area contributed by atoms with Crippen molar-refractivity contribution in [3.63, 3.8) is 0 Å². The number of halogens is 2. The molecule has 0 aliphatic heterocycles. The van der Waals surface area contributed by atoms with Gasteiger partial charge in [0.1, 0.15) is 0 Å². The van der Waals surface area contributed by atoms with E-state index in [-0.39, 0.29) is 12.3 Å². The van der Waals surface area contributed by atoms with Gasteiger partial charge in [-0.15, -0.1) is 0 Å². The van der Waals surface area contributed by atoms with E-state index in [9.17, 15) is 4.79 Å². The van der Waals surface area contributed by atoms with Gasteiger partial charge in [0.25, 0.3) is 0 Å². The molecule has 0 aliphatic carbocycles. The molecule has 2 aromatic carbocycles. The summed E-state index contributed by atoms with van der Waals surface area (Å²) in [6.07, 6.45) is 2.59. The van der Waals surface area contributed by atoms with Gasteiger partial charge in [-0.3, -0.25) is 4.79 Å². The predicted molar refractivity (Wildman–Crippen MR) is 109 cm³/mol. The van der Waals surface area contributed by atoms with Crippen LogP contribution < -0.4 is 14.9 Å². The number of benzene rings is 2. The highest BCUT2D eigenvalue weighted by atomic mass is 35.5. The summed E-state index contributed by atoms with van der Waals surface area (Å²) in [4.78, 5) is 12.0. The highest BCUT2D eigenvalue weighted by Crippen LogP contribution is 2.36. The van der Waals surface area contributed by atoms with Gasteiger partial charge in [0.05, 0.1) is 30.9 Å². The number of rotatable bonds is 9. The van der Waals surface area contributed by atoms with Crippen LogP contribution in [0, 0.1) is 0 Å². The van der Waals surface area contributed by atoms with Gasteiger partial charge in [-0.2, -0.15) is 5.10 Å². The summed E-state index contributed by atoms with van der Waals surface area (Å²) in [5.41, 5.74) is 4.04. The second kappa shape index (κ2) is 10.8. The first kappa shape index (κ1) is 21.1. The lowest BCUT2D eigenvalue weighted by atomic mass is 10.1. The number of nitrogens with zero attached hydrogens (tertiary/aromatic N) is 1. The minimum absolute atomic E-state index is 0.212. The van der Waals surface area contributed by atoms with Crippen LogP contribution in [-0.4, -0.2) is 25.3 Å². The summed E-state index contributed by atoms with van der Waals surface area (Å²) < 4.78 is 11.3. The van der Waals surface area contributed by atoms with E-state index < -0.39 is 0 Å². The molecule has 7 heteroatoms. The fourth-order valence-corrected chi connectivity index (χ4v) is 2.68. The highest BCUT2D eigenvalue weighted by molar-refractivity contribution is 6.32. The lowest BCUT2D eigenvalue weighted by Gasteiger charge is -2.13. The van der Waals surface area contributed by atoms with Crippen LogP contribution in [-0.2, 0) is 11.2 Å². The summed E-state index contributed by atoms with van der Waals surface area (Å²) in [5.74, 6) is 0.837. The van der Waals surface area contributed by atoms with Gasteiger partial charge in [0, 0.05) is 5.02 Å². The maximum absolute atomic E-state index is 12.0. The van der Waals surface area contributed by atoms with Crippen molar-refractivity contribution in [3.8, 4) is 11.5 Å². The lowest BCUT2D eigenvalue weighted by Crippen LogP contribution is -2.19. The second-order valence-electron chi connectivity index (χ2n) is 5.71. The van der Waals surface area contributed by atoms with Gasteiger partial charge in [-0.25, -0.2) is 5.43 Å². The van der Waals surface area contributed by atoms with Crippen molar-refractivity contribution < 1.29 is 14.3 Å². The van der Waals surface area contributed by atoms with E-state index in [1.54, 1.807) is 36.4 Å². The summed E-state index contributed by atoms with van der Waals surface area (Å²) >= 11 is 12.1. The molecule has 2 aromatic rings. The molecule has 27 heavy (non-hydrogen) atoms. The monoisotopic (exact) mass is 408 g/mol. The largest absolute Gasteiger partial charge is 0.490 e. The lowest BCUT2D eigenvalue weighted by molar-refractivity contribution is -0.120. The standard InChI is InChI=1S/C20H22Cl2N2O3/c1-3-9-27-20-17(22)10-15(11-18(20)26-4-2)13-23-24-19(25)12-14-5-7-16(21)8-6-14/h5-8,10-11,13H,3-4,9,12H2,1-2H3,(H,24,25)/b23-13-. The third-order valence-corrected chi connectivity index (χ3v) is 4.00. The maximum Gasteiger partial charge on any atom is 0.244 e. The number of nitrogens with one attached hydrogen (secondary N) is 1. The second-order valence-corrected chi connectivity index (χ2v) is 6.55. The average Bonchev–Trinajstić information content (AvgIpc) is 2.63. The molecule has 2 rings (SSSR count). The molecular formula is C20H22Cl2N2O3. The third kappa shape index (κ3) is 6.77. The Bertz CT molecular complexity index is 793. The zero-order valence-electron chi connectivity index (χ0n) is 15.3. The molecule has 0 atom stereocenters. The molecule has 0 radical (unpaired) electrons. The summed E-state index contributed by atoms with van der Waals surface area (Å²) in [6, 6.07) is 10.6. The average molecular weight is 409 g/mol. The van der Waals surface area contributed by atoms with Gasteiger partial charge in [-0.1, -0.05) is 42.3 Å². The van der Waals surface area contributed by atoms with E-state index in [1.165, 1.54) is 6.21 Å². The zero-order chi connectivity index (χ0) is 19.6. The first-order valence-corrected chi connectivity index (χ1v) is 9.44. The topological polar surface area (TPSA) is 59.9 Å². The molecule has 0 spiro atoms. The van der Waals surface area contributed by atoms with Gasteiger partial charge in [0.2, 0.25) is 5.91 Å². The molecule has 0 bridgehead atoms. The molecule has 0 heterocycles. The summed E-state index contributed by atoms with van der Waals surface area (Å²) in [5, 5.41) is 5.05. The van der Waals surface area contributed by atoms with Crippen LogP contribution in [0.25, 0.3) is 0 Å². The van der Waals surface area contributed by atoms with Gasteiger partial charge in [0.15, 0.2) is 11.5 Å². The third-order valence-electron chi connectivity index (χ3n) is 3.46. The number of hydrogen-bond donors (Lipinski definition) is 1. The molecule has 0 saturated heterocycles. The molecule has 1 amide bonds. The van der Waals surface area contributed by atoms with Crippen molar-refractivity contribution >= 4 is 35.3 Å². The number of carbonyl (C=O) groups is 1. The van der Waals surface area contributed by atoms with E-state index in [1.807, 2.05) is 13.8 Å². The van der Waals surface area contributed by atoms with Gasteiger partial charge >= 0.3 is 0 Å². The fraction of sp³-hybridized carbons (Fsp3) is 0.300. The van der Waals surface area contributed by atoms with Crippen molar-refractivity contribution in [1.29, 1.82) is 0 Å². The van der Waals surface area contributed by atoms with E-state index >= 15 is 0 Å². The molecule has 0 fully saturated rings. The number of hydrogen-bond acceptors (Lipinski definition) is 4. The highest BCUT2D eigenvalue weighted by Gasteiger charge is 2.12. The SMILES string of the molecule is CCCOc1c(Cl)cc(/C=N\NC(=O)Cc2ccc(Cl)cc2)cc1OCC. The molecule has 0 unspecified atom stereocenters. The first-order chi connectivity index (χ1) is 13.0.